The predicted molar refractivity (Wildman–Crippen MR) is 107 cm³/mol. The van der Waals surface area contributed by atoms with Gasteiger partial charge < -0.3 is 9.64 Å². The van der Waals surface area contributed by atoms with Gasteiger partial charge in [0.1, 0.15) is 6.10 Å². The number of thiazole rings is 1. The Labute approximate surface area is 163 Å². The third kappa shape index (κ3) is 4.62. The van der Waals surface area contributed by atoms with Crippen molar-refractivity contribution in [1.29, 1.82) is 0 Å². The van der Waals surface area contributed by atoms with Crippen LogP contribution >= 0.6 is 11.3 Å². The van der Waals surface area contributed by atoms with Gasteiger partial charge in [0.2, 0.25) is 5.91 Å². The molecule has 0 bridgehead atoms. The number of hydrogen-bond donors (Lipinski definition) is 0. The van der Waals surface area contributed by atoms with E-state index in [0.29, 0.717) is 26.1 Å². The van der Waals surface area contributed by atoms with Gasteiger partial charge in [0.05, 0.1) is 30.3 Å². The fraction of sp³-hybridized carbons (Fsp3) is 0.273. The lowest BCUT2D eigenvalue weighted by Gasteiger charge is -2.33. The second-order valence-corrected chi connectivity index (χ2v) is 7.62. The summed E-state index contributed by atoms with van der Waals surface area (Å²) in [6.07, 6.45) is 1.12. The number of morpholine rings is 1. The molecule has 0 unspecified atom stereocenters. The number of hydrogen-bond acceptors (Lipinski definition) is 4. The summed E-state index contributed by atoms with van der Waals surface area (Å²) >= 11 is 1.62. The Morgan fingerprint density at radius 3 is 2.63 bits per heavy atom. The van der Waals surface area contributed by atoms with Gasteiger partial charge in [0.25, 0.3) is 0 Å². The number of ether oxygens (including phenoxy) is 1. The number of rotatable bonds is 5. The van der Waals surface area contributed by atoms with Crippen molar-refractivity contribution in [3.05, 3.63) is 87.9 Å². The highest BCUT2D eigenvalue weighted by Gasteiger charge is 2.25. The van der Waals surface area contributed by atoms with Crippen LogP contribution in [0.3, 0.4) is 0 Å². The fourth-order valence-corrected chi connectivity index (χ4v) is 4.12. The Hall–Kier alpha value is -2.50. The first-order valence-corrected chi connectivity index (χ1v) is 10.1. The van der Waals surface area contributed by atoms with E-state index in [2.05, 4.69) is 29.2 Å². The Bertz CT molecular complexity index is 880. The van der Waals surface area contributed by atoms with Crippen LogP contribution < -0.4 is 0 Å². The monoisotopic (exact) mass is 378 g/mol. The van der Waals surface area contributed by atoms with E-state index in [1.165, 1.54) is 5.56 Å². The Morgan fingerprint density at radius 1 is 1.11 bits per heavy atom. The van der Waals surface area contributed by atoms with Crippen LogP contribution in [0.1, 0.15) is 27.9 Å². The molecule has 1 aromatic heterocycles. The molecule has 0 N–H and O–H groups in total. The zero-order valence-corrected chi connectivity index (χ0v) is 15.9. The molecule has 0 aliphatic carbocycles. The summed E-state index contributed by atoms with van der Waals surface area (Å²) in [4.78, 5) is 19.3. The number of amides is 1. The van der Waals surface area contributed by atoms with Crippen LogP contribution in [0.4, 0.5) is 0 Å². The highest BCUT2D eigenvalue weighted by molar-refractivity contribution is 7.09. The van der Waals surface area contributed by atoms with Crippen LogP contribution in [-0.4, -0.2) is 35.5 Å². The lowest BCUT2D eigenvalue weighted by molar-refractivity contribution is -0.138. The van der Waals surface area contributed by atoms with Gasteiger partial charge in [-0.15, -0.1) is 11.3 Å². The summed E-state index contributed by atoms with van der Waals surface area (Å²) < 4.78 is 5.86. The molecule has 0 saturated carbocycles. The molecule has 0 radical (unpaired) electrons. The lowest BCUT2D eigenvalue weighted by Crippen LogP contribution is -2.43. The average Bonchev–Trinajstić information content (AvgIpc) is 3.16. The Balaban J connectivity index is 1.36. The summed E-state index contributed by atoms with van der Waals surface area (Å²) in [6, 6.07) is 20.4. The minimum absolute atomic E-state index is 0.0482. The molecule has 2 heterocycles. The van der Waals surface area contributed by atoms with Crippen LogP contribution in [0, 0.1) is 0 Å². The van der Waals surface area contributed by atoms with Gasteiger partial charge in [-0.05, 0) is 11.1 Å². The first-order valence-electron chi connectivity index (χ1n) is 9.19. The third-order valence-electron chi connectivity index (χ3n) is 4.72. The summed E-state index contributed by atoms with van der Waals surface area (Å²) in [5.41, 5.74) is 3.22. The Morgan fingerprint density at radius 2 is 1.85 bits per heavy atom. The van der Waals surface area contributed by atoms with Gasteiger partial charge in [-0.2, -0.15) is 0 Å². The van der Waals surface area contributed by atoms with Gasteiger partial charge in [-0.25, -0.2) is 4.98 Å². The molecule has 1 saturated heterocycles. The second-order valence-electron chi connectivity index (χ2n) is 6.68. The molecule has 5 heteroatoms. The maximum atomic E-state index is 12.7. The fourth-order valence-electron chi connectivity index (χ4n) is 3.29. The lowest BCUT2D eigenvalue weighted by atomic mass is 10.1. The highest BCUT2D eigenvalue weighted by atomic mass is 32.1. The normalized spacial score (nSPS) is 17.0. The number of carbonyl (C=O) groups excluding carboxylic acids is 1. The zero-order valence-electron chi connectivity index (χ0n) is 15.1. The van der Waals surface area contributed by atoms with E-state index in [1.54, 1.807) is 11.3 Å². The molecule has 1 atom stereocenters. The standard InChI is InChI=1S/C22H22N2O2S/c25-22(24-11-12-26-20(15-24)18-9-5-2-6-10-18)14-19-16-27-21(23-19)13-17-7-3-1-4-8-17/h1-10,16,20H,11-15H2/t20-/m0/s1. The molecule has 1 aliphatic heterocycles. The van der Waals surface area contributed by atoms with E-state index in [4.69, 9.17) is 4.74 Å². The molecule has 1 aliphatic rings. The van der Waals surface area contributed by atoms with E-state index in [1.807, 2.05) is 46.7 Å². The third-order valence-corrected chi connectivity index (χ3v) is 5.62. The SMILES string of the molecule is O=C(Cc1csc(Cc2ccccc2)n1)N1CCO[C@H](c2ccccc2)C1. The minimum Gasteiger partial charge on any atom is -0.370 e. The number of benzene rings is 2. The molecule has 27 heavy (non-hydrogen) atoms. The smallest absolute Gasteiger partial charge is 0.228 e. The molecule has 138 valence electrons. The van der Waals surface area contributed by atoms with Crippen molar-refractivity contribution in [1.82, 2.24) is 9.88 Å². The number of carbonyl (C=O) groups is 1. The second kappa shape index (κ2) is 8.46. The van der Waals surface area contributed by atoms with Crippen molar-refractivity contribution in [2.24, 2.45) is 0 Å². The molecule has 1 amide bonds. The predicted octanol–water partition coefficient (Wildman–Crippen LogP) is 3.88. The molecule has 4 rings (SSSR count). The topological polar surface area (TPSA) is 42.4 Å². The molecule has 2 aromatic carbocycles. The van der Waals surface area contributed by atoms with Gasteiger partial charge in [-0.3, -0.25) is 4.79 Å². The van der Waals surface area contributed by atoms with Crippen molar-refractivity contribution in [3.8, 4) is 0 Å². The maximum Gasteiger partial charge on any atom is 0.228 e. The van der Waals surface area contributed by atoms with Crippen molar-refractivity contribution in [2.75, 3.05) is 19.7 Å². The number of nitrogens with zero attached hydrogens (tertiary/aromatic N) is 2. The van der Waals surface area contributed by atoms with E-state index < -0.39 is 0 Å². The van der Waals surface area contributed by atoms with Crippen molar-refractivity contribution in [2.45, 2.75) is 18.9 Å². The largest absolute Gasteiger partial charge is 0.370 e. The summed E-state index contributed by atoms with van der Waals surface area (Å²) in [6.45, 7) is 1.81. The Kier molecular flexibility index (Phi) is 5.61. The molecule has 3 aromatic rings. The van der Waals surface area contributed by atoms with E-state index >= 15 is 0 Å². The molecule has 0 spiro atoms. The van der Waals surface area contributed by atoms with Gasteiger partial charge >= 0.3 is 0 Å². The van der Waals surface area contributed by atoms with Crippen molar-refractivity contribution < 1.29 is 9.53 Å². The molecule has 4 nitrogen and oxygen atoms in total. The maximum absolute atomic E-state index is 12.7. The summed E-state index contributed by atoms with van der Waals surface area (Å²) in [5.74, 6) is 0.121. The van der Waals surface area contributed by atoms with E-state index in [-0.39, 0.29) is 12.0 Å². The number of aromatic nitrogens is 1. The van der Waals surface area contributed by atoms with Crippen LogP contribution in [0.15, 0.2) is 66.0 Å². The van der Waals surface area contributed by atoms with Crippen LogP contribution in [-0.2, 0) is 22.4 Å². The van der Waals surface area contributed by atoms with Gasteiger partial charge in [-0.1, -0.05) is 60.7 Å². The molecular formula is C22H22N2O2S. The first kappa shape index (κ1) is 17.9. The summed E-state index contributed by atoms with van der Waals surface area (Å²) in [5, 5.41) is 3.05. The van der Waals surface area contributed by atoms with Gasteiger partial charge in [0, 0.05) is 18.3 Å². The van der Waals surface area contributed by atoms with E-state index in [0.717, 1.165) is 22.7 Å². The van der Waals surface area contributed by atoms with Crippen LogP contribution in [0.5, 0.6) is 0 Å². The highest BCUT2D eigenvalue weighted by Crippen LogP contribution is 2.23. The van der Waals surface area contributed by atoms with Crippen molar-refractivity contribution in [3.63, 3.8) is 0 Å². The van der Waals surface area contributed by atoms with Crippen molar-refractivity contribution >= 4 is 17.2 Å². The molecule has 1 fully saturated rings. The summed E-state index contributed by atoms with van der Waals surface area (Å²) in [7, 11) is 0. The quantitative estimate of drug-likeness (QED) is 0.677. The van der Waals surface area contributed by atoms with Gasteiger partial charge in [0.15, 0.2) is 0 Å². The van der Waals surface area contributed by atoms with E-state index in [9.17, 15) is 4.79 Å². The van der Waals surface area contributed by atoms with Crippen LogP contribution in [0.2, 0.25) is 0 Å². The molecular weight excluding hydrogens is 356 g/mol. The minimum atomic E-state index is -0.0482. The average molecular weight is 378 g/mol. The first-order chi connectivity index (χ1) is 13.3. The zero-order chi connectivity index (χ0) is 18.5. The van der Waals surface area contributed by atoms with Crippen LogP contribution in [0.25, 0.3) is 0 Å².